The Labute approximate surface area is 155 Å². The molecule has 0 unspecified atom stereocenters. The summed E-state index contributed by atoms with van der Waals surface area (Å²) in [5, 5.41) is 6.73. The first-order chi connectivity index (χ1) is 13.0. The quantitative estimate of drug-likeness (QED) is 0.753. The van der Waals surface area contributed by atoms with Crippen molar-refractivity contribution < 1.29 is 4.79 Å². The van der Waals surface area contributed by atoms with Gasteiger partial charge in [-0.2, -0.15) is 9.78 Å². The molecule has 0 spiro atoms. The van der Waals surface area contributed by atoms with E-state index in [4.69, 9.17) is 0 Å². The van der Waals surface area contributed by atoms with Crippen LogP contribution in [0.25, 0.3) is 5.69 Å². The van der Waals surface area contributed by atoms with E-state index in [9.17, 15) is 14.4 Å². The summed E-state index contributed by atoms with van der Waals surface area (Å²) in [6, 6.07) is 15.9. The Morgan fingerprint density at radius 2 is 1.81 bits per heavy atom. The molecular weight excluding hydrogens is 344 g/mol. The standard InChI is InChI=1S/C20H20N4O3/c1-3-12-23-19(26)17(18(25)21-15-9-5-4-6-10-15)22-24(20(23)27)16-11-7-8-14(2)13-16/h4-11,13H,3,12H2,1-2H3,(H,21,25). The number of nitrogens with zero attached hydrogens (tertiary/aromatic N) is 3. The molecule has 0 aliphatic heterocycles. The van der Waals surface area contributed by atoms with E-state index in [0.29, 0.717) is 17.8 Å². The number of hydrogen-bond acceptors (Lipinski definition) is 4. The number of nitrogens with one attached hydrogen (secondary N) is 1. The smallest absolute Gasteiger partial charge is 0.320 e. The fourth-order valence-corrected chi connectivity index (χ4v) is 2.72. The Bertz CT molecular complexity index is 1080. The predicted molar refractivity (Wildman–Crippen MR) is 104 cm³/mol. The molecule has 7 heteroatoms. The number of rotatable bonds is 5. The average molecular weight is 364 g/mol. The first-order valence-corrected chi connectivity index (χ1v) is 8.69. The minimum atomic E-state index is -0.695. The first-order valence-electron chi connectivity index (χ1n) is 8.69. The van der Waals surface area contributed by atoms with Crippen LogP contribution in [-0.4, -0.2) is 20.3 Å². The molecule has 0 fully saturated rings. The minimum absolute atomic E-state index is 0.206. The van der Waals surface area contributed by atoms with Gasteiger partial charge in [0.2, 0.25) is 5.69 Å². The third kappa shape index (κ3) is 3.87. The molecular formula is C20H20N4O3. The van der Waals surface area contributed by atoms with E-state index < -0.39 is 17.2 Å². The van der Waals surface area contributed by atoms with Gasteiger partial charge in [-0.3, -0.25) is 14.2 Å². The van der Waals surface area contributed by atoms with Crippen molar-refractivity contribution in [3.8, 4) is 5.69 Å². The highest BCUT2D eigenvalue weighted by molar-refractivity contribution is 6.02. The molecule has 3 rings (SSSR count). The molecule has 0 radical (unpaired) electrons. The van der Waals surface area contributed by atoms with E-state index in [2.05, 4.69) is 10.4 Å². The Hall–Kier alpha value is -3.48. The molecule has 1 N–H and O–H groups in total. The summed E-state index contributed by atoms with van der Waals surface area (Å²) < 4.78 is 2.15. The molecule has 2 aromatic carbocycles. The Morgan fingerprint density at radius 3 is 2.48 bits per heavy atom. The molecule has 0 aliphatic rings. The molecule has 0 bridgehead atoms. The van der Waals surface area contributed by atoms with Crippen molar-refractivity contribution in [3.63, 3.8) is 0 Å². The van der Waals surface area contributed by atoms with Crippen LogP contribution in [-0.2, 0) is 6.54 Å². The highest BCUT2D eigenvalue weighted by Crippen LogP contribution is 2.08. The normalized spacial score (nSPS) is 10.6. The lowest BCUT2D eigenvalue weighted by Gasteiger charge is -2.12. The van der Waals surface area contributed by atoms with Crippen LogP contribution in [0.5, 0.6) is 0 Å². The van der Waals surface area contributed by atoms with Crippen molar-refractivity contribution in [2.45, 2.75) is 26.8 Å². The Kier molecular flexibility index (Phi) is 5.30. The lowest BCUT2D eigenvalue weighted by atomic mass is 10.2. The summed E-state index contributed by atoms with van der Waals surface area (Å²) in [6.07, 6.45) is 0.576. The molecule has 3 aromatic rings. The van der Waals surface area contributed by atoms with Crippen LogP contribution in [0.1, 0.15) is 29.4 Å². The van der Waals surface area contributed by atoms with E-state index in [1.54, 1.807) is 42.5 Å². The van der Waals surface area contributed by atoms with Gasteiger partial charge in [0.25, 0.3) is 11.5 Å². The van der Waals surface area contributed by atoms with Gasteiger partial charge in [-0.05, 0) is 43.2 Å². The second-order valence-electron chi connectivity index (χ2n) is 6.16. The van der Waals surface area contributed by atoms with Crippen LogP contribution in [0.15, 0.2) is 64.2 Å². The van der Waals surface area contributed by atoms with Crippen LogP contribution >= 0.6 is 0 Å². The minimum Gasteiger partial charge on any atom is -0.320 e. The topological polar surface area (TPSA) is 86.0 Å². The van der Waals surface area contributed by atoms with E-state index in [1.165, 1.54) is 0 Å². The lowest BCUT2D eigenvalue weighted by Crippen LogP contribution is -2.44. The summed E-state index contributed by atoms with van der Waals surface area (Å²) >= 11 is 0. The molecule has 1 amide bonds. The third-order valence-corrected chi connectivity index (χ3v) is 4.00. The van der Waals surface area contributed by atoms with Gasteiger partial charge in [0.05, 0.1) is 5.69 Å². The number of amides is 1. The average Bonchev–Trinajstić information content (AvgIpc) is 2.66. The van der Waals surface area contributed by atoms with Crippen LogP contribution in [0.4, 0.5) is 5.69 Å². The summed E-state index contributed by atoms with van der Waals surface area (Å²) in [4.78, 5) is 38.1. The molecule has 1 aromatic heterocycles. The second-order valence-corrected chi connectivity index (χ2v) is 6.16. The zero-order valence-corrected chi connectivity index (χ0v) is 15.2. The van der Waals surface area contributed by atoms with Gasteiger partial charge in [0.15, 0.2) is 0 Å². The zero-order chi connectivity index (χ0) is 19.4. The summed E-state index contributed by atoms with van der Waals surface area (Å²) in [7, 11) is 0. The van der Waals surface area contributed by atoms with Gasteiger partial charge in [0.1, 0.15) is 0 Å². The van der Waals surface area contributed by atoms with E-state index in [0.717, 1.165) is 14.8 Å². The Morgan fingerprint density at radius 1 is 1.07 bits per heavy atom. The van der Waals surface area contributed by atoms with Crippen molar-refractivity contribution in [3.05, 3.63) is 86.7 Å². The molecule has 0 saturated heterocycles. The third-order valence-electron chi connectivity index (χ3n) is 4.00. The maximum atomic E-state index is 12.8. The number of aromatic nitrogens is 3. The number of anilines is 1. The fraction of sp³-hybridized carbons (Fsp3) is 0.200. The van der Waals surface area contributed by atoms with Gasteiger partial charge in [0, 0.05) is 12.2 Å². The molecule has 138 valence electrons. The largest absolute Gasteiger partial charge is 0.352 e. The summed E-state index contributed by atoms with van der Waals surface area (Å²) in [6.45, 7) is 3.95. The zero-order valence-electron chi connectivity index (χ0n) is 15.2. The highest BCUT2D eigenvalue weighted by atomic mass is 16.2. The number of aryl methyl sites for hydroxylation is 1. The van der Waals surface area contributed by atoms with Gasteiger partial charge < -0.3 is 5.32 Å². The highest BCUT2D eigenvalue weighted by Gasteiger charge is 2.20. The van der Waals surface area contributed by atoms with Crippen molar-refractivity contribution >= 4 is 11.6 Å². The molecule has 0 aliphatic carbocycles. The second kappa shape index (κ2) is 7.82. The molecule has 7 nitrogen and oxygen atoms in total. The van der Waals surface area contributed by atoms with Gasteiger partial charge in [-0.1, -0.05) is 37.3 Å². The van der Waals surface area contributed by atoms with Crippen LogP contribution in [0.3, 0.4) is 0 Å². The van der Waals surface area contributed by atoms with Crippen molar-refractivity contribution in [1.29, 1.82) is 0 Å². The van der Waals surface area contributed by atoms with Gasteiger partial charge in [-0.25, -0.2) is 4.79 Å². The van der Waals surface area contributed by atoms with Crippen LogP contribution in [0.2, 0.25) is 0 Å². The fourth-order valence-electron chi connectivity index (χ4n) is 2.72. The van der Waals surface area contributed by atoms with Crippen molar-refractivity contribution in [2.75, 3.05) is 5.32 Å². The van der Waals surface area contributed by atoms with E-state index >= 15 is 0 Å². The Balaban J connectivity index is 2.14. The van der Waals surface area contributed by atoms with E-state index in [1.807, 2.05) is 26.0 Å². The van der Waals surface area contributed by atoms with Crippen LogP contribution in [0, 0.1) is 6.92 Å². The summed E-state index contributed by atoms with van der Waals surface area (Å²) in [5.74, 6) is -0.655. The lowest BCUT2D eigenvalue weighted by molar-refractivity contribution is 0.101. The number of para-hydroxylation sites is 1. The molecule has 0 atom stereocenters. The van der Waals surface area contributed by atoms with Crippen molar-refractivity contribution in [1.82, 2.24) is 14.3 Å². The number of carbonyl (C=O) groups is 1. The molecule has 0 saturated carbocycles. The van der Waals surface area contributed by atoms with Gasteiger partial charge in [-0.15, -0.1) is 0 Å². The first kappa shape index (κ1) is 18.3. The SMILES string of the molecule is CCCn1c(=O)c(C(=O)Nc2ccccc2)nn(-c2cccc(C)c2)c1=O. The number of hydrogen-bond donors (Lipinski definition) is 1. The predicted octanol–water partition coefficient (Wildman–Crippen LogP) is 2.36. The molecule has 1 heterocycles. The molecule has 27 heavy (non-hydrogen) atoms. The van der Waals surface area contributed by atoms with Crippen LogP contribution < -0.4 is 16.6 Å². The van der Waals surface area contributed by atoms with E-state index in [-0.39, 0.29) is 12.2 Å². The number of benzene rings is 2. The monoisotopic (exact) mass is 364 g/mol. The summed E-state index contributed by atoms with van der Waals surface area (Å²) in [5.41, 5.74) is 0.388. The van der Waals surface area contributed by atoms with Gasteiger partial charge >= 0.3 is 5.69 Å². The van der Waals surface area contributed by atoms with Crippen molar-refractivity contribution in [2.24, 2.45) is 0 Å². The maximum Gasteiger partial charge on any atom is 0.352 e. The number of carbonyl (C=O) groups excluding carboxylic acids is 1. The maximum absolute atomic E-state index is 12.8.